The van der Waals surface area contributed by atoms with E-state index in [0.29, 0.717) is 13.1 Å². The first-order valence-electron chi connectivity index (χ1n) is 8.30. The molecule has 1 amide bonds. The van der Waals surface area contributed by atoms with Crippen LogP contribution in [0.1, 0.15) is 26.7 Å². The molecule has 0 spiro atoms. The van der Waals surface area contributed by atoms with Crippen LogP contribution in [0, 0.1) is 16.0 Å². The predicted octanol–water partition coefficient (Wildman–Crippen LogP) is 1.86. The second-order valence-electron chi connectivity index (χ2n) is 6.17. The molecule has 1 atom stereocenters. The minimum Gasteiger partial charge on any atom is -0.340 e. The summed E-state index contributed by atoms with van der Waals surface area (Å²) in [6.45, 7) is 4.96. The zero-order valence-corrected chi connectivity index (χ0v) is 15.2. The van der Waals surface area contributed by atoms with E-state index >= 15 is 0 Å². The minimum absolute atomic E-state index is 0.0502. The maximum absolute atomic E-state index is 12.7. The van der Waals surface area contributed by atoms with Gasteiger partial charge in [0.25, 0.3) is 5.69 Å². The van der Waals surface area contributed by atoms with Crippen LogP contribution in [0.5, 0.6) is 0 Å². The summed E-state index contributed by atoms with van der Waals surface area (Å²) in [5.41, 5.74) is -0.261. The van der Waals surface area contributed by atoms with Gasteiger partial charge >= 0.3 is 0 Å². The highest BCUT2D eigenvalue weighted by Crippen LogP contribution is 2.22. The third-order valence-corrected chi connectivity index (χ3v) is 6.25. The Bertz CT molecular complexity index is 742. The summed E-state index contributed by atoms with van der Waals surface area (Å²) in [5, 5.41) is 10.8. The van der Waals surface area contributed by atoms with Crippen molar-refractivity contribution in [1.82, 2.24) is 9.21 Å². The number of non-ortho nitro benzene ring substituents is 1. The number of piperazine rings is 1. The molecule has 2 rings (SSSR count). The van der Waals surface area contributed by atoms with Crippen molar-refractivity contribution in [2.75, 3.05) is 26.2 Å². The number of hydrogen-bond donors (Lipinski definition) is 0. The van der Waals surface area contributed by atoms with Gasteiger partial charge in [-0.25, -0.2) is 8.42 Å². The molecule has 0 aliphatic carbocycles. The Hall–Kier alpha value is -2.00. The molecule has 1 aliphatic heterocycles. The molecular formula is C16H23N3O5S. The Balaban J connectivity index is 2.08. The minimum atomic E-state index is -3.81. The van der Waals surface area contributed by atoms with Gasteiger partial charge in [0.05, 0.1) is 9.82 Å². The largest absolute Gasteiger partial charge is 0.340 e. The summed E-state index contributed by atoms with van der Waals surface area (Å²) in [5.74, 6) is -0.0147. The normalized spacial score (nSPS) is 17.3. The van der Waals surface area contributed by atoms with Crippen LogP contribution in [0.4, 0.5) is 5.69 Å². The number of hydrogen-bond acceptors (Lipinski definition) is 5. The van der Waals surface area contributed by atoms with Crippen molar-refractivity contribution in [2.24, 2.45) is 5.92 Å². The van der Waals surface area contributed by atoms with Crippen LogP contribution in [-0.4, -0.2) is 54.6 Å². The van der Waals surface area contributed by atoms with Gasteiger partial charge in [0.15, 0.2) is 0 Å². The molecule has 1 unspecified atom stereocenters. The van der Waals surface area contributed by atoms with Crippen LogP contribution in [0.25, 0.3) is 0 Å². The summed E-state index contributed by atoms with van der Waals surface area (Å²) in [6, 6.07) is 5.03. The van der Waals surface area contributed by atoms with Crippen molar-refractivity contribution in [1.29, 1.82) is 0 Å². The van der Waals surface area contributed by atoms with Gasteiger partial charge in [0, 0.05) is 44.2 Å². The number of nitro benzene ring substituents is 1. The molecule has 0 N–H and O–H groups in total. The lowest BCUT2D eigenvalue weighted by Crippen LogP contribution is -2.51. The van der Waals surface area contributed by atoms with Crippen molar-refractivity contribution in [3.8, 4) is 0 Å². The number of nitro groups is 1. The Morgan fingerprint density at radius 3 is 2.48 bits per heavy atom. The predicted molar refractivity (Wildman–Crippen MR) is 92.5 cm³/mol. The summed E-state index contributed by atoms with van der Waals surface area (Å²) in [7, 11) is -3.81. The van der Waals surface area contributed by atoms with Gasteiger partial charge in [0.2, 0.25) is 15.9 Å². The van der Waals surface area contributed by atoms with E-state index in [-0.39, 0.29) is 35.5 Å². The first-order chi connectivity index (χ1) is 11.8. The number of amides is 1. The van der Waals surface area contributed by atoms with E-state index in [2.05, 4.69) is 0 Å². The number of nitrogens with zero attached hydrogens (tertiary/aromatic N) is 3. The van der Waals surface area contributed by atoms with Crippen molar-refractivity contribution < 1.29 is 18.1 Å². The second kappa shape index (κ2) is 7.92. The third-order valence-electron chi connectivity index (χ3n) is 4.36. The number of carbonyl (C=O) groups excluding carboxylic acids is 1. The lowest BCUT2D eigenvalue weighted by Gasteiger charge is -2.35. The van der Waals surface area contributed by atoms with Crippen LogP contribution in [0.3, 0.4) is 0 Å². The van der Waals surface area contributed by atoms with Gasteiger partial charge in [-0.1, -0.05) is 26.3 Å². The summed E-state index contributed by atoms with van der Waals surface area (Å²) in [6.07, 6.45) is 1.74. The fraction of sp³-hybridized carbons (Fsp3) is 0.562. The number of carbonyl (C=O) groups is 1. The molecule has 0 bridgehead atoms. The molecule has 0 aromatic heterocycles. The zero-order chi connectivity index (χ0) is 18.6. The highest BCUT2D eigenvalue weighted by Gasteiger charge is 2.31. The van der Waals surface area contributed by atoms with Crippen LogP contribution in [0.15, 0.2) is 29.2 Å². The van der Waals surface area contributed by atoms with Gasteiger partial charge in [-0.15, -0.1) is 0 Å². The molecule has 138 valence electrons. The SMILES string of the molecule is CCCC(C)C(=O)N1CCN(S(=O)(=O)c2cccc([N+](=O)[O-])c2)CC1. The lowest BCUT2D eigenvalue weighted by molar-refractivity contribution is -0.385. The van der Waals surface area contributed by atoms with E-state index in [9.17, 15) is 23.3 Å². The average molecular weight is 369 g/mol. The Morgan fingerprint density at radius 1 is 1.28 bits per heavy atom. The van der Waals surface area contributed by atoms with Gasteiger partial charge in [0.1, 0.15) is 0 Å². The lowest BCUT2D eigenvalue weighted by atomic mass is 10.0. The molecule has 25 heavy (non-hydrogen) atoms. The maximum Gasteiger partial charge on any atom is 0.270 e. The second-order valence-corrected chi connectivity index (χ2v) is 8.11. The van der Waals surface area contributed by atoms with Gasteiger partial charge in [-0.2, -0.15) is 4.31 Å². The molecule has 1 saturated heterocycles. The van der Waals surface area contributed by atoms with Gasteiger partial charge < -0.3 is 4.90 Å². The molecule has 1 fully saturated rings. The van der Waals surface area contributed by atoms with Gasteiger partial charge in [-0.05, 0) is 12.5 Å². The molecule has 9 heteroatoms. The average Bonchev–Trinajstić information content (AvgIpc) is 2.61. The summed E-state index contributed by atoms with van der Waals surface area (Å²) in [4.78, 5) is 24.1. The standard InChI is InChI=1S/C16H23N3O5S/c1-3-5-13(2)16(20)17-8-10-18(11-9-17)25(23,24)15-7-4-6-14(12-15)19(21)22/h4,6-7,12-13H,3,5,8-11H2,1-2H3. The van der Waals surface area contributed by atoms with E-state index in [1.165, 1.54) is 22.5 Å². The molecule has 1 aromatic carbocycles. The number of benzene rings is 1. The fourth-order valence-electron chi connectivity index (χ4n) is 2.92. The third kappa shape index (κ3) is 4.35. The van der Waals surface area contributed by atoms with Crippen molar-refractivity contribution in [3.63, 3.8) is 0 Å². The van der Waals surface area contributed by atoms with Crippen LogP contribution in [-0.2, 0) is 14.8 Å². The quantitative estimate of drug-likeness (QED) is 0.563. The van der Waals surface area contributed by atoms with E-state index in [1.54, 1.807) is 4.90 Å². The molecule has 0 saturated carbocycles. The molecular weight excluding hydrogens is 346 g/mol. The van der Waals surface area contributed by atoms with E-state index in [0.717, 1.165) is 18.9 Å². The maximum atomic E-state index is 12.7. The molecule has 8 nitrogen and oxygen atoms in total. The van der Waals surface area contributed by atoms with E-state index in [1.807, 2.05) is 13.8 Å². The first kappa shape index (κ1) is 19.3. The smallest absolute Gasteiger partial charge is 0.270 e. The Kier molecular flexibility index (Phi) is 6.12. The Labute approximate surface area is 147 Å². The molecule has 1 aromatic rings. The zero-order valence-electron chi connectivity index (χ0n) is 14.4. The highest BCUT2D eigenvalue weighted by molar-refractivity contribution is 7.89. The van der Waals surface area contributed by atoms with Crippen molar-refractivity contribution >= 4 is 21.6 Å². The van der Waals surface area contributed by atoms with E-state index in [4.69, 9.17) is 0 Å². The number of rotatable bonds is 6. The topological polar surface area (TPSA) is 101 Å². The molecule has 1 aliphatic rings. The Morgan fingerprint density at radius 2 is 1.92 bits per heavy atom. The first-order valence-corrected chi connectivity index (χ1v) is 9.74. The monoisotopic (exact) mass is 369 g/mol. The van der Waals surface area contributed by atoms with Crippen LogP contribution in [0.2, 0.25) is 0 Å². The van der Waals surface area contributed by atoms with Crippen LogP contribution < -0.4 is 0 Å². The fourth-order valence-corrected chi connectivity index (χ4v) is 4.39. The molecule has 0 radical (unpaired) electrons. The van der Waals surface area contributed by atoms with Gasteiger partial charge in [-0.3, -0.25) is 14.9 Å². The van der Waals surface area contributed by atoms with Crippen molar-refractivity contribution in [3.05, 3.63) is 34.4 Å². The highest BCUT2D eigenvalue weighted by atomic mass is 32.2. The van der Waals surface area contributed by atoms with E-state index < -0.39 is 14.9 Å². The molecule has 1 heterocycles. The summed E-state index contributed by atoms with van der Waals surface area (Å²) < 4.78 is 26.6. The number of sulfonamides is 1. The van der Waals surface area contributed by atoms with Crippen LogP contribution >= 0.6 is 0 Å². The van der Waals surface area contributed by atoms with Crippen molar-refractivity contribution in [2.45, 2.75) is 31.6 Å². The summed E-state index contributed by atoms with van der Waals surface area (Å²) >= 11 is 0.